The Hall–Kier alpha value is -3.25. The predicted molar refractivity (Wildman–Crippen MR) is 112 cm³/mol. The van der Waals surface area contributed by atoms with E-state index in [-0.39, 0.29) is 17.9 Å². The van der Waals surface area contributed by atoms with Crippen LogP contribution in [0.4, 0.5) is 0 Å². The van der Waals surface area contributed by atoms with E-state index in [2.05, 4.69) is 4.98 Å². The molecule has 1 fully saturated rings. The zero-order valence-electron chi connectivity index (χ0n) is 16.1. The lowest BCUT2D eigenvalue weighted by molar-refractivity contribution is -0.140. The standard InChI is InChI=1S/C23H20N2O3S/c1-14-7-8-17(11-15(14)2)21(26)19-20(18-6-4-10-29-18)25(23(28)22(19)27)13-16-5-3-9-24-12-16/h3-12,20,26H,13H2,1-2H3/b21-19-. The molecule has 3 heterocycles. The maximum absolute atomic E-state index is 13.0. The zero-order valence-corrected chi connectivity index (χ0v) is 16.9. The topological polar surface area (TPSA) is 70.5 Å². The van der Waals surface area contributed by atoms with Crippen LogP contribution in [0.3, 0.4) is 0 Å². The Labute approximate surface area is 173 Å². The number of aromatic nitrogens is 1. The Balaban J connectivity index is 1.84. The molecule has 1 amide bonds. The van der Waals surface area contributed by atoms with Gasteiger partial charge in [-0.25, -0.2) is 0 Å². The molecule has 1 N–H and O–H groups in total. The first-order valence-corrected chi connectivity index (χ1v) is 10.1. The van der Waals surface area contributed by atoms with Crippen LogP contribution in [-0.4, -0.2) is 26.7 Å². The van der Waals surface area contributed by atoms with Crippen molar-refractivity contribution < 1.29 is 14.7 Å². The third-order valence-electron chi connectivity index (χ3n) is 5.21. The molecule has 29 heavy (non-hydrogen) atoms. The fourth-order valence-electron chi connectivity index (χ4n) is 3.52. The van der Waals surface area contributed by atoms with Crippen LogP contribution in [0, 0.1) is 13.8 Å². The molecule has 2 aromatic heterocycles. The molecule has 0 aliphatic carbocycles. The van der Waals surface area contributed by atoms with Crippen LogP contribution in [0.2, 0.25) is 0 Å². The van der Waals surface area contributed by atoms with Gasteiger partial charge in [0.05, 0.1) is 11.6 Å². The van der Waals surface area contributed by atoms with Gasteiger partial charge in [-0.3, -0.25) is 14.6 Å². The number of ketones is 1. The summed E-state index contributed by atoms with van der Waals surface area (Å²) in [5, 5.41) is 12.9. The molecule has 1 aromatic carbocycles. The number of hydrogen-bond acceptors (Lipinski definition) is 5. The largest absolute Gasteiger partial charge is 0.507 e. The lowest BCUT2D eigenvalue weighted by Gasteiger charge is -2.24. The summed E-state index contributed by atoms with van der Waals surface area (Å²) in [5.41, 5.74) is 3.58. The van der Waals surface area contributed by atoms with Crippen molar-refractivity contribution in [2.45, 2.75) is 26.4 Å². The van der Waals surface area contributed by atoms with E-state index in [9.17, 15) is 14.7 Å². The first kappa shape index (κ1) is 19.1. The van der Waals surface area contributed by atoms with Crippen molar-refractivity contribution in [1.29, 1.82) is 0 Å². The summed E-state index contributed by atoms with van der Waals surface area (Å²) < 4.78 is 0. The van der Waals surface area contributed by atoms with Gasteiger partial charge in [0, 0.05) is 29.4 Å². The summed E-state index contributed by atoms with van der Waals surface area (Å²) in [6.07, 6.45) is 3.34. The van der Waals surface area contributed by atoms with E-state index in [4.69, 9.17) is 0 Å². The van der Waals surface area contributed by atoms with Crippen molar-refractivity contribution in [3.8, 4) is 0 Å². The van der Waals surface area contributed by atoms with Gasteiger partial charge < -0.3 is 10.0 Å². The van der Waals surface area contributed by atoms with E-state index in [1.165, 1.54) is 16.2 Å². The van der Waals surface area contributed by atoms with E-state index < -0.39 is 17.7 Å². The Morgan fingerprint density at radius 3 is 2.62 bits per heavy atom. The number of benzene rings is 1. The minimum absolute atomic E-state index is 0.129. The number of aliphatic hydroxyl groups excluding tert-OH is 1. The number of likely N-dealkylation sites (tertiary alicyclic amines) is 1. The van der Waals surface area contributed by atoms with Crippen molar-refractivity contribution >= 4 is 28.8 Å². The highest BCUT2D eigenvalue weighted by Gasteiger charge is 2.46. The fourth-order valence-corrected chi connectivity index (χ4v) is 4.36. The second-order valence-corrected chi connectivity index (χ2v) is 8.08. The summed E-state index contributed by atoms with van der Waals surface area (Å²) in [4.78, 5) is 32.3. The number of Topliss-reactive ketones (excluding diaryl/α,β-unsaturated/α-hetero) is 1. The van der Waals surface area contributed by atoms with Crippen molar-refractivity contribution in [2.24, 2.45) is 0 Å². The van der Waals surface area contributed by atoms with Crippen LogP contribution in [0.1, 0.15) is 33.2 Å². The molecule has 4 rings (SSSR count). The summed E-state index contributed by atoms with van der Waals surface area (Å²) in [7, 11) is 0. The third-order valence-corrected chi connectivity index (χ3v) is 6.13. The number of hydrogen-bond donors (Lipinski definition) is 1. The summed E-state index contributed by atoms with van der Waals surface area (Å²) >= 11 is 1.45. The maximum atomic E-state index is 13.0. The van der Waals surface area contributed by atoms with Gasteiger partial charge in [-0.2, -0.15) is 0 Å². The van der Waals surface area contributed by atoms with Crippen LogP contribution >= 0.6 is 11.3 Å². The van der Waals surface area contributed by atoms with E-state index in [1.54, 1.807) is 24.5 Å². The first-order valence-electron chi connectivity index (χ1n) is 9.25. The SMILES string of the molecule is Cc1ccc(/C(O)=C2/C(=O)C(=O)N(Cc3cccnc3)C2c2cccs2)cc1C. The fraction of sp³-hybridized carbons (Fsp3) is 0.174. The van der Waals surface area contributed by atoms with Gasteiger partial charge in [-0.1, -0.05) is 24.3 Å². The number of aryl methyl sites for hydroxylation is 2. The Morgan fingerprint density at radius 2 is 1.97 bits per heavy atom. The number of carbonyl (C=O) groups is 2. The van der Waals surface area contributed by atoms with Crippen molar-refractivity contribution in [2.75, 3.05) is 0 Å². The van der Waals surface area contributed by atoms with Crippen LogP contribution in [0.25, 0.3) is 5.76 Å². The molecule has 0 bridgehead atoms. The lowest BCUT2D eigenvalue weighted by Crippen LogP contribution is -2.28. The van der Waals surface area contributed by atoms with Crippen LogP contribution < -0.4 is 0 Å². The molecule has 1 saturated heterocycles. The molecular weight excluding hydrogens is 384 g/mol. The molecule has 6 heteroatoms. The average Bonchev–Trinajstić information content (AvgIpc) is 3.33. The lowest BCUT2D eigenvalue weighted by atomic mass is 9.97. The first-order chi connectivity index (χ1) is 14.0. The molecule has 1 unspecified atom stereocenters. The van der Waals surface area contributed by atoms with E-state index >= 15 is 0 Å². The van der Waals surface area contributed by atoms with Crippen LogP contribution in [0.5, 0.6) is 0 Å². The minimum Gasteiger partial charge on any atom is -0.507 e. The molecule has 0 saturated carbocycles. The van der Waals surface area contributed by atoms with Gasteiger partial charge in [-0.15, -0.1) is 11.3 Å². The Morgan fingerprint density at radius 1 is 1.14 bits per heavy atom. The maximum Gasteiger partial charge on any atom is 0.295 e. The minimum atomic E-state index is -0.664. The monoisotopic (exact) mass is 404 g/mol. The van der Waals surface area contributed by atoms with Gasteiger partial charge in [0.2, 0.25) is 0 Å². The van der Waals surface area contributed by atoms with Gasteiger partial charge >= 0.3 is 0 Å². The van der Waals surface area contributed by atoms with Crippen molar-refractivity contribution in [3.05, 3.63) is 92.9 Å². The molecule has 3 aromatic rings. The molecular formula is C23H20N2O3S. The molecule has 146 valence electrons. The molecule has 1 aliphatic heterocycles. The van der Waals surface area contributed by atoms with E-state index in [0.29, 0.717) is 5.56 Å². The van der Waals surface area contributed by atoms with Gasteiger partial charge in [-0.05, 0) is 54.1 Å². The Kier molecular flexibility index (Phi) is 5.03. The second-order valence-electron chi connectivity index (χ2n) is 7.10. The molecule has 1 atom stereocenters. The number of rotatable bonds is 4. The number of amides is 1. The number of carbonyl (C=O) groups excluding carboxylic acids is 2. The van der Waals surface area contributed by atoms with Crippen molar-refractivity contribution in [3.63, 3.8) is 0 Å². The number of thiophene rings is 1. The van der Waals surface area contributed by atoms with Crippen LogP contribution in [-0.2, 0) is 16.1 Å². The second kappa shape index (κ2) is 7.64. The summed E-state index contributed by atoms with van der Waals surface area (Å²) in [6.45, 7) is 4.17. The van der Waals surface area contributed by atoms with E-state index in [0.717, 1.165) is 21.6 Å². The molecule has 5 nitrogen and oxygen atoms in total. The highest BCUT2D eigenvalue weighted by Crippen LogP contribution is 2.41. The molecule has 1 aliphatic rings. The molecule has 0 spiro atoms. The average molecular weight is 404 g/mol. The third kappa shape index (κ3) is 3.47. The molecule has 0 radical (unpaired) electrons. The summed E-state index contributed by atoms with van der Waals surface area (Å²) in [5.74, 6) is -1.42. The van der Waals surface area contributed by atoms with Crippen LogP contribution in [0.15, 0.2) is 65.8 Å². The summed E-state index contributed by atoms with van der Waals surface area (Å²) in [6, 6.07) is 12.3. The number of pyridine rings is 1. The van der Waals surface area contributed by atoms with Gasteiger partial charge in [0.1, 0.15) is 5.76 Å². The normalized spacial score (nSPS) is 18.4. The smallest absolute Gasteiger partial charge is 0.295 e. The highest BCUT2D eigenvalue weighted by atomic mass is 32.1. The van der Waals surface area contributed by atoms with E-state index in [1.807, 2.05) is 49.6 Å². The zero-order chi connectivity index (χ0) is 20.5. The Bertz CT molecular complexity index is 1100. The number of nitrogens with zero attached hydrogens (tertiary/aromatic N) is 2. The highest BCUT2D eigenvalue weighted by molar-refractivity contribution is 7.10. The van der Waals surface area contributed by atoms with Crippen molar-refractivity contribution in [1.82, 2.24) is 9.88 Å². The van der Waals surface area contributed by atoms with Gasteiger partial charge in [0.25, 0.3) is 11.7 Å². The number of aliphatic hydroxyl groups is 1. The predicted octanol–water partition coefficient (Wildman–Crippen LogP) is 4.38. The quantitative estimate of drug-likeness (QED) is 0.398. The van der Waals surface area contributed by atoms with Gasteiger partial charge in [0.15, 0.2) is 0 Å².